The van der Waals surface area contributed by atoms with Crippen LogP contribution in [-0.4, -0.2) is 40.4 Å². The summed E-state index contributed by atoms with van der Waals surface area (Å²) in [6.45, 7) is 8.82. The molecule has 5 nitrogen and oxygen atoms in total. The van der Waals surface area contributed by atoms with Crippen molar-refractivity contribution in [2.45, 2.75) is 64.1 Å². The van der Waals surface area contributed by atoms with E-state index in [1.54, 1.807) is 6.20 Å². The van der Waals surface area contributed by atoms with Gasteiger partial charge in [-0.3, -0.25) is 4.79 Å². The molecule has 1 heterocycles. The van der Waals surface area contributed by atoms with Crippen molar-refractivity contribution < 1.29 is 4.79 Å². The lowest BCUT2D eigenvalue weighted by molar-refractivity contribution is -0.117. The topological polar surface area (TPSA) is 82.2 Å². The minimum atomic E-state index is -0.353. The third-order valence-electron chi connectivity index (χ3n) is 4.05. The van der Waals surface area contributed by atoms with Crippen molar-refractivity contribution in [3.05, 3.63) is 11.8 Å². The summed E-state index contributed by atoms with van der Waals surface area (Å²) in [6, 6.07) is 2.13. The summed E-state index contributed by atoms with van der Waals surface area (Å²) in [4.78, 5) is 14.2. The van der Waals surface area contributed by atoms with Gasteiger partial charge in [0, 0.05) is 35.7 Å². The second kappa shape index (κ2) is 7.34. The molecule has 124 valence electrons. The van der Waals surface area contributed by atoms with Crippen LogP contribution in [0.15, 0.2) is 11.8 Å². The van der Waals surface area contributed by atoms with Crippen molar-refractivity contribution in [1.29, 1.82) is 5.26 Å². The van der Waals surface area contributed by atoms with E-state index in [9.17, 15) is 10.1 Å². The van der Waals surface area contributed by atoms with Gasteiger partial charge in [0.1, 0.15) is 11.6 Å². The number of nitrogens with two attached hydrogens (primary N) is 1. The Bertz CT molecular complexity index is 461. The average Bonchev–Trinajstić information content (AvgIpc) is 2.36. The third-order valence-corrected chi connectivity index (χ3v) is 4.31. The van der Waals surface area contributed by atoms with Crippen LogP contribution in [0.1, 0.15) is 47.0 Å². The first kappa shape index (κ1) is 18.8. The fourth-order valence-electron chi connectivity index (χ4n) is 3.35. The van der Waals surface area contributed by atoms with E-state index in [0.717, 1.165) is 12.8 Å². The third kappa shape index (κ3) is 4.62. The van der Waals surface area contributed by atoms with Gasteiger partial charge in [-0.2, -0.15) is 5.26 Å². The normalized spacial score (nSPS) is 21.3. The molecule has 0 atom stereocenters. The summed E-state index contributed by atoms with van der Waals surface area (Å²) in [5.41, 5.74) is 5.85. The predicted molar refractivity (Wildman–Crippen MR) is 89.2 cm³/mol. The van der Waals surface area contributed by atoms with Crippen LogP contribution in [0.5, 0.6) is 0 Å². The molecule has 1 aliphatic rings. The number of carbonyl (C=O) groups excluding carboxylic acids is 1. The van der Waals surface area contributed by atoms with Gasteiger partial charge >= 0.3 is 0 Å². The molecule has 3 N–H and O–H groups in total. The van der Waals surface area contributed by atoms with Crippen LogP contribution < -0.4 is 11.1 Å². The summed E-state index contributed by atoms with van der Waals surface area (Å²) >= 11 is 5.59. The highest BCUT2D eigenvalue weighted by Gasteiger charge is 2.43. The number of nitrogens with one attached hydrogen (secondary N) is 1. The number of carbonyl (C=O) groups is 1. The molecule has 0 radical (unpaired) electrons. The van der Waals surface area contributed by atoms with Gasteiger partial charge < -0.3 is 16.0 Å². The van der Waals surface area contributed by atoms with Crippen molar-refractivity contribution in [2.75, 3.05) is 12.4 Å². The lowest BCUT2D eigenvalue weighted by atomic mass is 9.77. The van der Waals surface area contributed by atoms with Gasteiger partial charge in [-0.15, -0.1) is 11.6 Å². The number of alkyl halides is 1. The Morgan fingerprint density at radius 1 is 1.41 bits per heavy atom. The standard InChI is InChI=1S/C16H27ClN4O/c1-15(2)8-13(19)9-16(3,4)21(15)11-12(10-18)14(22)20-7-5-6-17/h11,13H,5-9,19H2,1-4H3,(H,20,22)/b12-11-. The zero-order valence-corrected chi connectivity index (χ0v) is 14.7. The van der Waals surface area contributed by atoms with Crippen LogP contribution in [0.3, 0.4) is 0 Å². The molecular formula is C16H27ClN4O. The summed E-state index contributed by atoms with van der Waals surface area (Å²) < 4.78 is 0. The zero-order valence-electron chi connectivity index (χ0n) is 13.9. The van der Waals surface area contributed by atoms with E-state index in [1.807, 2.05) is 6.07 Å². The second-order valence-corrected chi connectivity index (χ2v) is 7.49. The van der Waals surface area contributed by atoms with Crippen LogP contribution in [0.4, 0.5) is 0 Å². The van der Waals surface area contributed by atoms with Gasteiger partial charge in [0.2, 0.25) is 0 Å². The summed E-state index contributed by atoms with van der Waals surface area (Å²) in [6.07, 6.45) is 4.00. The maximum absolute atomic E-state index is 12.1. The molecule has 0 aliphatic carbocycles. The molecule has 0 aromatic heterocycles. The Kier molecular flexibility index (Phi) is 6.27. The number of amides is 1. The molecule has 0 spiro atoms. The number of likely N-dealkylation sites (tertiary alicyclic amines) is 1. The maximum Gasteiger partial charge on any atom is 0.263 e. The minimum absolute atomic E-state index is 0.117. The number of rotatable bonds is 5. The highest BCUT2D eigenvalue weighted by atomic mass is 35.5. The van der Waals surface area contributed by atoms with Crippen molar-refractivity contribution in [3.8, 4) is 6.07 Å². The molecule has 1 saturated heterocycles. The minimum Gasteiger partial charge on any atom is -0.366 e. The number of hydrogen-bond acceptors (Lipinski definition) is 4. The van der Waals surface area contributed by atoms with Gasteiger partial charge in [-0.05, 0) is 47.0 Å². The molecule has 1 rings (SSSR count). The molecule has 1 fully saturated rings. The fraction of sp³-hybridized carbons (Fsp3) is 0.750. The molecule has 6 heteroatoms. The Labute approximate surface area is 138 Å². The Morgan fingerprint density at radius 2 is 1.95 bits per heavy atom. The number of hydrogen-bond donors (Lipinski definition) is 2. The largest absolute Gasteiger partial charge is 0.366 e. The second-order valence-electron chi connectivity index (χ2n) is 7.12. The summed E-state index contributed by atoms with van der Waals surface area (Å²) in [5, 5.41) is 12.0. The Morgan fingerprint density at radius 3 is 2.41 bits per heavy atom. The molecule has 0 aromatic carbocycles. The summed E-state index contributed by atoms with van der Waals surface area (Å²) in [7, 11) is 0. The SMILES string of the molecule is CC1(C)CC(N)CC(C)(C)N1/C=C(/C#N)C(=O)NCCCCl. The van der Waals surface area contributed by atoms with Crippen LogP contribution >= 0.6 is 11.6 Å². The number of nitriles is 1. The molecule has 0 saturated carbocycles. The highest BCUT2D eigenvalue weighted by molar-refractivity contribution is 6.17. The first-order chi connectivity index (χ1) is 10.1. The molecule has 22 heavy (non-hydrogen) atoms. The van der Waals surface area contributed by atoms with Crippen molar-refractivity contribution in [1.82, 2.24) is 10.2 Å². The quantitative estimate of drug-likeness (QED) is 0.351. The fourth-order valence-corrected chi connectivity index (χ4v) is 3.49. The van der Waals surface area contributed by atoms with Gasteiger partial charge in [0.15, 0.2) is 0 Å². The smallest absolute Gasteiger partial charge is 0.263 e. The Balaban J connectivity index is 2.99. The van der Waals surface area contributed by atoms with E-state index in [0.29, 0.717) is 18.8 Å². The van der Waals surface area contributed by atoms with Crippen molar-refractivity contribution in [2.24, 2.45) is 5.73 Å². The molecule has 0 unspecified atom stereocenters. The van der Waals surface area contributed by atoms with E-state index in [4.69, 9.17) is 17.3 Å². The van der Waals surface area contributed by atoms with E-state index >= 15 is 0 Å². The van der Waals surface area contributed by atoms with Crippen molar-refractivity contribution in [3.63, 3.8) is 0 Å². The average molecular weight is 327 g/mol. The predicted octanol–water partition coefficient (Wildman–Crippen LogP) is 2.12. The van der Waals surface area contributed by atoms with E-state index in [1.165, 1.54) is 0 Å². The molecule has 0 bridgehead atoms. The van der Waals surface area contributed by atoms with E-state index in [-0.39, 0.29) is 28.6 Å². The van der Waals surface area contributed by atoms with Crippen LogP contribution in [0.25, 0.3) is 0 Å². The van der Waals surface area contributed by atoms with Gasteiger partial charge in [0.05, 0.1) is 0 Å². The monoisotopic (exact) mass is 326 g/mol. The van der Waals surface area contributed by atoms with Gasteiger partial charge in [0.25, 0.3) is 5.91 Å². The Hall–Kier alpha value is -1.25. The zero-order chi connectivity index (χ0) is 17.0. The van der Waals surface area contributed by atoms with Crippen LogP contribution in [-0.2, 0) is 4.79 Å². The lowest BCUT2D eigenvalue weighted by Crippen LogP contribution is -2.61. The van der Waals surface area contributed by atoms with Crippen LogP contribution in [0, 0.1) is 11.3 Å². The molecule has 1 aliphatic heterocycles. The first-order valence-corrected chi connectivity index (χ1v) is 8.18. The summed E-state index contributed by atoms with van der Waals surface area (Å²) in [5.74, 6) is 0.129. The molecular weight excluding hydrogens is 300 g/mol. The van der Waals surface area contributed by atoms with Gasteiger partial charge in [-0.25, -0.2) is 0 Å². The molecule has 1 amide bonds. The number of piperidine rings is 1. The number of halogens is 1. The van der Waals surface area contributed by atoms with Crippen LogP contribution in [0.2, 0.25) is 0 Å². The van der Waals surface area contributed by atoms with Gasteiger partial charge in [-0.1, -0.05) is 0 Å². The van der Waals surface area contributed by atoms with E-state index < -0.39 is 0 Å². The lowest BCUT2D eigenvalue weighted by Gasteiger charge is -2.54. The number of nitrogens with zero attached hydrogens (tertiary/aromatic N) is 2. The first-order valence-electron chi connectivity index (χ1n) is 7.65. The van der Waals surface area contributed by atoms with E-state index in [2.05, 4.69) is 37.9 Å². The molecule has 0 aromatic rings. The maximum atomic E-state index is 12.1. The highest BCUT2D eigenvalue weighted by Crippen LogP contribution is 2.38. The van der Waals surface area contributed by atoms with Crippen molar-refractivity contribution >= 4 is 17.5 Å².